The predicted octanol–water partition coefficient (Wildman–Crippen LogP) is 1.77. The third kappa shape index (κ3) is 2.98. The Morgan fingerprint density at radius 2 is 2.10 bits per heavy atom. The zero-order chi connectivity index (χ0) is 15.4. The van der Waals surface area contributed by atoms with E-state index in [1.165, 1.54) is 11.3 Å². The summed E-state index contributed by atoms with van der Waals surface area (Å²) in [6.45, 7) is 5.02. The average molecular weight is 308 g/mol. The maximum absolute atomic E-state index is 12.2. The number of hydrogen-bond acceptors (Lipinski definition) is 6. The van der Waals surface area contributed by atoms with E-state index >= 15 is 0 Å². The van der Waals surface area contributed by atoms with Crippen molar-refractivity contribution in [3.05, 3.63) is 16.1 Å². The van der Waals surface area contributed by atoms with Gasteiger partial charge < -0.3 is 15.8 Å². The molecule has 1 amide bonds. The predicted molar refractivity (Wildman–Crippen MR) is 84.8 cm³/mol. The Bertz CT molecular complexity index is 654. The van der Waals surface area contributed by atoms with Crippen LogP contribution in [0, 0.1) is 0 Å². The number of nitrogens with two attached hydrogens (primary N) is 1. The average Bonchev–Trinajstić information content (AvgIpc) is 2.83. The molecule has 2 heterocycles. The van der Waals surface area contributed by atoms with E-state index in [1.54, 1.807) is 7.11 Å². The fourth-order valence-electron chi connectivity index (χ4n) is 2.28. The van der Waals surface area contributed by atoms with Crippen LogP contribution in [0.5, 0.6) is 0 Å². The number of aromatic nitrogens is 2. The zero-order valence-electron chi connectivity index (χ0n) is 12.5. The van der Waals surface area contributed by atoms with Crippen molar-refractivity contribution in [3.63, 3.8) is 0 Å². The molecule has 3 N–H and O–H groups in total. The molecule has 0 atom stereocenters. The van der Waals surface area contributed by atoms with E-state index in [1.807, 2.05) is 6.92 Å². The van der Waals surface area contributed by atoms with Crippen LogP contribution in [0.1, 0.15) is 34.8 Å². The van der Waals surface area contributed by atoms with E-state index in [0.29, 0.717) is 23.7 Å². The lowest BCUT2D eigenvalue weighted by Crippen LogP contribution is -2.26. The van der Waals surface area contributed by atoms with E-state index in [-0.39, 0.29) is 5.91 Å². The molecule has 0 aromatic carbocycles. The summed E-state index contributed by atoms with van der Waals surface area (Å²) in [7, 11) is 1.59. The van der Waals surface area contributed by atoms with Gasteiger partial charge in [-0.2, -0.15) is 5.10 Å². The standard InChI is InChI=1S/C14H20N4O2S/c1-4-8-9(5-2)17-18-14-10(8)11(15)12(21-14)13(19)16-6-7-20-3/h4-7,15H2,1-3H3,(H,16,19). The van der Waals surface area contributed by atoms with Crippen molar-refractivity contribution >= 4 is 33.1 Å². The number of nitrogen functional groups attached to an aromatic ring is 1. The number of anilines is 1. The highest BCUT2D eigenvalue weighted by molar-refractivity contribution is 7.21. The molecule has 7 heteroatoms. The minimum Gasteiger partial charge on any atom is -0.397 e. The number of thiophene rings is 1. The Morgan fingerprint density at radius 3 is 2.71 bits per heavy atom. The van der Waals surface area contributed by atoms with Crippen LogP contribution in [0.4, 0.5) is 5.69 Å². The normalized spacial score (nSPS) is 11.0. The van der Waals surface area contributed by atoms with Crippen molar-refractivity contribution in [3.8, 4) is 0 Å². The van der Waals surface area contributed by atoms with Gasteiger partial charge >= 0.3 is 0 Å². The number of fused-ring (bicyclic) bond motifs is 1. The Morgan fingerprint density at radius 1 is 1.33 bits per heavy atom. The molecule has 2 rings (SSSR count). The highest BCUT2D eigenvalue weighted by Gasteiger charge is 2.20. The van der Waals surface area contributed by atoms with Crippen LogP contribution in [0.25, 0.3) is 10.2 Å². The van der Waals surface area contributed by atoms with E-state index in [4.69, 9.17) is 10.5 Å². The second-order valence-electron chi connectivity index (χ2n) is 4.61. The summed E-state index contributed by atoms with van der Waals surface area (Å²) in [6, 6.07) is 0. The number of carbonyl (C=O) groups is 1. The van der Waals surface area contributed by atoms with E-state index in [9.17, 15) is 4.79 Å². The lowest BCUT2D eigenvalue weighted by atomic mass is 10.1. The first-order valence-corrected chi connectivity index (χ1v) is 7.79. The second-order valence-corrected chi connectivity index (χ2v) is 5.61. The third-order valence-electron chi connectivity index (χ3n) is 3.32. The molecule has 2 aromatic rings. The van der Waals surface area contributed by atoms with Gasteiger partial charge in [-0.25, -0.2) is 0 Å². The molecule has 0 saturated heterocycles. The van der Waals surface area contributed by atoms with Crippen LogP contribution in [0.2, 0.25) is 0 Å². The molecular weight excluding hydrogens is 288 g/mol. The Kier molecular flexibility index (Phi) is 5.08. The first kappa shape index (κ1) is 15.7. The van der Waals surface area contributed by atoms with E-state index in [2.05, 4.69) is 22.4 Å². The number of hydrogen-bond donors (Lipinski definition) is 2. The monoisotopic (exact) mass is 308 g/mol. The molecule has 2 aromatic heterocycles. The first-order chi connectivity index (χ1) is 10.1. The summed E-state index contributed by atoms with van der Waals surface area (Å²) in [5.74, 6) is -0.187. The third-order valence-corrected chi connectivity index (χ3v) is 4.41. The fraction of sp³-hybridized carbons (Fsp3) is 0.500. The van der Waals surface area contributed by atoms with E-state index in [0.717, 1.165) is 34.3 Å². The quantitative estimate of drug-likeness (QED) is 0.794. The maximum atomic E-state index is 12.2. The molecule has 0 saturated carbocycles. The molecule has 0 aliphatic rings. The molecule has 114 valence electrons. The van der Waals surface area contributed by atoms with Gasteiger partial charge in [-0.05, 0) is 18.4 Å². The van der Waals surface area contributed by atoms with Crippen LogP contribution in [0.15, 0.2) is 0 Å². The number of amides is 1. The number of ether oxygens (including phenoxy) is 1. The zero-order valence-corrected chi connectivity index (χ0v) is 13.3. The van der Waals surface area contributed by atoms with Gasteiger partial charge in [-0.15, -0.1) is 16.4 Å². The van der Waals surface area contributed by atoms with Gasteiger partial charge in [0.15, 0.2) is 0 Å². The smallest absolute Gasteiger partial charge is 0.263 e. The Hall–Kier alpha value is -1.73. The minimum absolute atomic E-state index is 0.187. The highest BCUT2D eigenvalue weighted by atomic mass is 32.1. The van der Waals surface area contributed by atoms with Gasteiger partial charge in [-0.1, -0.05) is 13.8 Å². The number of rotatable bonds is 6. The largest absolute Gasteiger partial charge is 0.397 e. The molecule has 0 aliphatic heterocycles. The topological polar surface area (TPSA) is 90.1 Å². The van der Waals surface area contributed by atoms with Crippen LogP contribution < -0.4 is 11.1 Å². The molecule has 6 nitrogen and oxygen atoms in total. The van der Waals surface area contributed by atoms with Crippen LogP contribution >= 0.6 is 11.3 Å². The number of aryl methyl sites for hydroxylation is 2. The summed E-state index contributed by atoms with van der Waals surface area (Å²) in [4.78, 5) is 13.4. The highest BCUT2D eigenvalue weighted by Crippen LogP contribution is 2.35. The maximum Gasteiger partial charge on any atom is 0.263 e. The van der Waals surface area contributed by atoms with Crippen molar-refractivity contribution in [2.24, 2.45) is 0 Å². The molecule has 0 spiro atoms. The number of carbonyl (C=O) groups excluding carboxylic acids is 1. The molecule has 0 fully saturated rings. The summed E-state index contributed by atoms with van der Waals surface area (Å²) in [6.07, 6.45) is 1.62. The molecule has 0 radical (unpaired) electrons. The molecular formula is C14H20N4O2S. The van der Waals surface area contributed by atoms with Crippen molar-refractivity contribution in [1.29, 1.82) is 0 Å². The minimum atomic E-state index is -0.187. The Labute approximate surface area is 127 Å². The van der Waals surface area contributed by atoms with E-state index < -0.39 is 0 Å². The van der Waals surface area contributed by atoms with Crippen molar-refractivity contribution in [2.45, 2.75) is 26.7 Å². The summed E-state index contributed by atoms with van der Waals surface area (Å²) >= 11 is 1.29. The molecule has 0 unspecified atom stereocenters. The fourth-order valence-corrected chi connectivity index (χ4v) is 3.27. The molecule has 0 aliphatic carbocycles. The molecule has 0 bridgehead atoms. The van der Waals surface area contributed by atoms with Gasteiger partial charge in [0.05, 0.1) is 18.0 Å². The van der Waals surface area contributed by atoms with Crippen LogP contribution in [-0.2, 0) is 17.6 Å². The van der Waals surface area contributed by atoms with Crippen LogP contribution in [0.3, 0.4) is 0 Å². The Balaban J connectivity index is 2.43. The summed E-state index contributed by atoms with van der Waals surface area (Å²) in [5, 5.41) is 12.1. The van der Waals surface area contributed by atoms with Gasteiger partial charge in [0.2, 0.25) is 0 Å². The van der Waals surface area contributed by atoms with Crippen molar-refractivity contribution in [1.82, 2.24) is 15.5 Å². The second kappa shape index (κ2) is 6.82. The van der Waals surface area contributed by atoms with Gasteiger partial charge in [0.25, 0.3) is 5.91 Å². The number of methoxy groups -OCH3 is 1. The van der Waals surface area contributed by atoms with Gasteiger partial charge in [-0.3, -0.25) is 4.79 Å². The summed E-state index contributed by atoms with van der Waals surface area (Å²) < 4.78 is 4.92. The SMILES string of the molecule is CCc1nnc2sc(C(=O)NCCOC)c(N)c2c1CC. The number of nitrogens with zero attached hydrogens (tertiary/aromatic N) is 2. The van der Waals surface area contributed by atoms with Crippen molar-refractivity contribution in [2.75, 3.05) is 26.0 Å². The van der Waals surface area contributed by atoms with Gasteiger partial charge in [0, 0.05) is 19.0 Å². The first-order valence-electron chi connectivity index (χ1n) is 6.97. The number of nitrogens with one attached hydrogen (secondary N) is 1. The van der Waals surface area contributed by atoms with Crippen LogP contribution in [-0.4, -0.2) is 36.4 Å². The lowest BCUT2D eigenvalue weighted by Gasteiger charge is -2.06. The van der Waals surface area contributed by atoms with Gasteiger partial charge in [0.1, 0.15) is 9.71 Å². The summed E-state index contributed by atoms with van der Waals surface area (Å²) in [5.41, 5.74) is 8.74. The van der Waals surface area contributed by atoms with Crippen molar-refractivity contribution < 1.29 is 9.53 Å². The molecule has 21 heavy (non-hydrogen) atoms. The lowest BCUT2D eigenvalue weighted by molar-refractivity contribution is 0.0942.